The fraction of sp³-hybridized carbons (Fsp3) is 0.629. The Labute approximate surface area is 721 Å². The first-order chi connectivity index (χ1) is 59.2. The van der Waals surface area contributed by atoms with Crippen LogP contribution in [0.1, 0.15) is 202 Å². The minimum absolute atomic E-state index is 0.0404. The quantitative estimate of drug-likeness (QED) is 0.0203. The molecular formula is C89H139N13O20. The van der Waals surface area contributed by atoms with E-state index in [-0.39, 0.29) is 186 Å². The van der Waals surface area contributed by atoms with Gasteiger partial charge in [-0.1, -0.05) is 77.6 Å². The first-order valence-corrected chi connectivity index (χ1v) is 43.7. The topological polar surface area (TPSA) is 376 Å². The number of amides is 9. The van der Waals surface area contributed by atoms with Crippen molar-refractivity contribution in [1.29, 1.82) is 0 Å². The van der Waals surface area contributed by atoms with Crippen molar-refractivity contribution in [3.05, 3.63) is 117 Å². The fourth-order valence-electron chi connectivity index (χ4n) is 13.1. The molecule has 0 spiro atoms. The molecule has 10 bridgehead atoms. The van der Waals surface area contributed by atoms with Crippen LogP contribution in [-0.2, 0) is 33.2 Å². The number of nitrogens with zero attached hydrogens (tertiary/aromatic N) is 4. The lowest BCUT2D eigenvalue weighted by Gasteiger charge is -2.31. The first kappa shape index (κ1) is 102. The highest BCUT2D eigenvalue weighted by Gasteiger charge is 2.29. The number of benzene rings is 4. The predicted octanol–water partition coefficient (Wildman–Crippen LogP) is 7.00. The summed E-state index contributed by atoms with van der Waals surface area (Å²) >= 11 is 0. The third kappa shape index (κ3) is 38.2. The van der Waals surface area contributed by atoms with Gasteiger partial charge in [0.1, 0.15) is 28.6 Å². The zero-order valence-corrected chi connectivity index (χ0v) is 73.8. The molecule has 4 aromatic rings. The summed E-state index contributed by atoms with van der Waals surface area (Å²) < 4.78 is 64.5. The Bertz CT molecular complexity index is 3710. The van der Waals surface area contributed by atoms with Crippen molar-refractivity contribution < 1.29 is 95.3 Å². The number of nitrogens with one attached hydrogen (secondary N) is 9. The van der Waals surface area contributed by atoms with Crippen LogP contribution in [0, 0.1) is 0 Å². The monoisotopic (exact) mass is 1710 g/mol. The Balaban J connectivity index is 1.48. The molecule has 122 heavy (non-hydrogen) atoms. The van der Waals surface area contributed by atoms with Gasteiger partial charge >= 0.3 is 6.09 Å². The van der Waals surface area contributed by atoms with E-state index in [2.05, 4.69) is 57.7 Å². The van der Waals surface area contributed by atoms with E-state index in [9.17, 15) is 38.4 Å². The molecule has 0 radical (unpaired) electrons. The molecular weight excluding hydrogens is 1570 g/mol. The molecule has 4 aromatic carbocycles. The van der Waals surface area contributed by atoms with E-state index in [0.29, 0.717) is 150 Å². The predicted molar refractivity (Wildman–Crippen MR) is 466 cm³/mol. The fourth-order valence-corrected chi connectivity index (χ4v) is 13.1. The lowest BCUT2D eigenvalue weighted by molar-refractivity contribution is 0.0196. The Morgan fingerprint density at radius 2 is 0.648 bits per heavy atom. The van der Waals surface area contributed by atoms with Crippen LogP contribution in [0.5, 0.6) is 23.0 Å². The van der Waals surface area contributed by atoms with Gasteiger partial charge in [0.25, 0.3) is 47.3 Å². The number of unbranched alkanes of at least 4 members (excludes halogenated alkanes) is 5. The molecule has 6 rings (SSSR count). The molecule has 0 saturated carbocycles. The van der Waals surface area contributed by atoms with Crippen molar-refractivity contribution in [2.75, 3.05) is 238 Å². The van der Waals surface area contributed by atoms with E-state index in [4.69, 9.17) is 52.1 Å². The highest BCUT2D eigenvalue weighted by atomic mass is 16.6. The van der Waals surface area contributed by atoms with E-state index in [1.165, 1.54) is 0 Å². The molecule has 0 saturated heterocycles. The number of hydrogen-bond donors (Lipinski definition) is 9. The summed E-state index contributed by atoms with van der Waals surface area (Å²) in [5, 5.41) is 27.7. The first-order valence-electron chi connectivity index (χ1n) is 43.7. The Hall–Kier alpha value is -9.29. The molecule has 0 fully saturated rings. The summed E-state index contributed by atoms with van der Waals surface area (Å²) in [7, 11) is 3.20. The summed E-state index contributed by atoms with van der Waals surface area (Å²) in [4.78, 5) is 139. The largest absolute Gasteiger partial charge is 0.492 e. The van der Waals surface area contributed by atoms with Gasteiger partial charge in [0.05, 0.1) is 137 Å². The van der Waals surface area contributed by atoms with Crippen LogP contribution >= 0.6 is 0 Å². The number of alkyl carbamates (subject to hydrolysis) is 1. The van der Waals surface area contributed by atoms with Crippen molar-refractivity contribution in [2.45, 2.75) is 131 Å². The summed E-state index contributed by atoms with van der Waals surface area (Å²) in [5.41, 5.74) is 0.368. The van der Waals surface area contributed by atoms with Gasteiger partial charge in [-0.3, -0.25) is 58.0 Å². The van der Waals surface area contributed by atoms with Gasteiger partial charge in [-0.05, 0) is 114 Å². The number of methoxy groups -OCH3 is 2. The molecule has 2 aliphatic heterocycles. The number of carbonyl (C=O) groups excluding carboxylic acids is 9. The molecule has 2 aliphatic rings. The van der Waals surface area contributed by atoms with Gasteiger partial charge in [0.15, 0.2) is 0 Å². The van der Waals surface area contributed by atoms with Crippen LogP contribution in [0.4, 0.5) is 4.79 Å². The smallest absolute Gasteiger partial charge is 0.407 e. The normalized spacial score (nSPS) is 17.5. The summed E-state index contributed by atoms with van der Waals surface area (Å²) in [5.74, 6) is -3.56. The minimum Gasteiger partial charge on any atom is -0.492 e. The Morgan fingerprint density at radius 3 is 0.959 bits per heavy atom. The van der Waals surface area contributed by atoms with Gasteiger partial charge in [-0.25, -0.2) is 4.79 Å². The molecule has 0 aromatic heterocycles. The molecule has 680 valence electrons. The minimum atomic E-state index is -0.738. The van der Waals surface area contributed by atoms with Crippen LogP contribution < -0.4 is 66.8 Å². The number of rotatable bonds is 39. The third-order valence-corrected chi connectivity index (χ3v) is 19.9. The number of hydrogen-bond acceptors (Lipinski definition) is 24. The standard InChI is InChI=1S/C89H139N13O20/c1-10-14-52-118-76-68-25-20-27-70(76)82(105)92-36-43-100(50-56-114-62-64-116-60-58-112-8)44-37-94-84(107)72-29-22-30-73(78(72)120-54-16-12-3)85(108)96-40-47-102-49-48-99(41-34-90-80(68)103)42-35-91-81(104)69-26-21-28-71(77(69)119-53-15-11-2)83(106)93-38-45-101(51-57-115-63-65-117-61-59-113-9)46-39-95-86(109)74-31-23-32-75(79(74)121-55-17-13-4)87(110)98-67(66-102)24-18-19-33-97-88(111)122-89(5,6)7/h20-23,25-32,67H,10-19,24,33-66H2,1-9H3,(H,90,103)(H,91,104)(H,92,105)(H,93,106)(H,94,107)(H,95,109)(H,96,108)(H,97,111)(H,98,110). The highest BCUT2D eigenvalue weighted by Crippen LogP contribution is 2.30. The zero-order valence-electron chi connectivity index (χ0n) is 73.8. The van der Waals surface area contributed by atoms with E-state index < -0.39 is 65.0 Å². The molecule has 9 N–H and O–H groups in total. The van der Waals surface area contributed by atoms with Gasteiger partial charge in [-0.15, -0.1) is 0 Å². The summed E-state index contributed by atoms with van der Waals surface area (Å²) in [6.07, 6.45) is 6.37. The van der Waals surface area contributed by atoms with E-state index >= 15 is 4.79 Å². The van der Waals surface area contributed by atoms with E-state index in [0.717, 1.165) is 25.7 Å². The van der Waals surface area contributed by atoms with Crippen molar-refractivity contribution in [3.8, 4) is 23.0 Å². The average Bonchev–Trinajstić information content (AvgIpc) is 0.883. The summed E-state index contributed by atoms with van der Waals surface area (Å²) in [6, 6.07) is 18.8. The van der Waals surface area contributed by atoms with Gasteiger partial charge in [-0.2, -0.15) is 0 Å². The van der Waals surface area contributed by atoms with Gasteiger partial charge in [0.2, 0.25) is 0 Å². The SMILES string of the molecule is CCCCOc1c2cccc1C(=O)NCCN1CCNC(=O)c3cccc(c3OCCCC)C(=O)NCCN(CCOCCOCCOC)CCNC(=O)c3cccc(c3OCCCC)C(=O)NC(CCCCNC(=O)OC(C)(C)C)CN(CCNC(=O)c3cccc(c3OCCCC)C(=O)NCCN(CCOCCOCCOC)CCNC2=O)CC1. The molecule has 3 atom stereocenters. The van der Waals surface area contributed by atoms with Crippen LogP contribution in [-0.4, -0.2) is 322 Å². The van der Waals surface area contributed by atoms with Crippen molar-refractivity contribution in [3.63, 3.8) is 0 Å². The molecule has 0 aliphatic carbocycles. The second-order valence-corrected chi connectivity index (χ2v) is 30.7. The number of fused-ring (bicyclic) bond motifs is 11. The van der Waals surface area contributed by atoms with Crippen LogP contribution in [0.2, 0.25) is 0 Å². The third-order valence-electron chi connectivity index (χ3n) is 19.9. The van der Waals surface area contributed by atoms with Crippen molar-refractivity contribution in [1.82, 2.24) is 67.5 Å². The zero-order chi connectivity index (χ0) is 88.0. The summed E-state index contributed by atoms with van der Waals surface area (Å²) in [6.45, 7) is 22.4. The molecule has 33 nitrogen and oxygen atoms in total. The number of para-hydroxylation sites is 4. The second-order valence-electron chi connectivity index (χ2n) is 30.7. The second kappa shape index (κ2) is 59.5. The Morgan fingerprint density at radius 1 is 0.361 bits per heavy atom. The molecule has 2 heterocycles. The maximum Gasteiger partial charge on any atom is 0.407 e. The van der Waals surface area contributed by atoms with E-state index in [1.54, 1.807) is 108 Å². The van der Waals surface area contributed by atoms with E-state index in [1.807, 2.05) is 37.5 Å². The van der Waals surface area contributed by atoms with Gasteiger partial charge < -0.3 is 100.0 Å². The van der Waals surface area contributed by atoms with Crippen molar-refractivity contribution >= 4 is 53.4 Å². The lowest BCUT2D eigenvalue weighted by Crippen LogP contribution is -2.49. The number of carbonyl (C=O) groups is 9. The molecule has 3 unspecified atom stereocenters. The van der Waals surface area contributed by atoms with Crippen LogP contribution in [0.3, 0.4) is 0 Å². The molecule has 9 amide bonds. The average molecular weight is 1710 g/mol. The number of ether oxygens (including phenoxy) is 11. The van der Waals surface area contributed by atoms with Gasteiger partial charge in [0, 0.05) is 151 Å². The lowest BCUT2D eigenvalue weighted by atomic mass is 10.0. The molecule has 33 heteroatoms. The Kier molecular flexibility index (Phi) is 49.5. The maximum atomic E-state index is 15.4. The van der Waals surface area contributed by atoms with Crippen LogP contribution in [0.15, 0.2) is 72.8 Å². The highest BCUT2D eigenvalue weighted by molar-refractivity contribution is 6.07. The van der Waals surface area contributed by atoms with Crippen LogP contribution in [0.25, 0.3) is 0 Å². The maximum absolute atomic E-state index is 15.4. The van der Waals surface area contributed by atoms with Crippen molar-refractivity contribution in [2.24, 2.45) is 0 Å².